The van der Waals surface area contributed by atoms with E-state index in [-0.39, 0.29) is 17.3 Å². The highest BCUT2D eigenvalue weighted by molar-refractivity contribution is 9.10. The first-order valence-corrected chi connectivity index (χ1v) is 23.2. The number of anilines is 1. The molecule has 328 valence electrons. The van der Waals surface area contributed by atoms with Crippen molar-refractivity contribution >= 4 is 71.2 Å². The first kappa shape index (κ1) is 43.2. The van der Waals surface area contributed by atoms with Crippen LogP contribution in [0, 0.1) is 11.3 Å². The Morgan fingerprint density at radius 2 is 1.33 bits per heavy atom. The van der Waals surface area contributed by atoms with E-state index >= 15 is 0 Å². The Morgan fingerprint density at radius 1 is 0.688 bits per heavy atom. The summed E-state index contributed by atoms with van der Waals surface area (Å²) >= 11 is 7.02. The van der Waals surface area contributed by atoms with Crippen LogP contribution >= 0.6 is 31.9 Å². The van der Waals surface area contributed by atoms with Gasteiger partial charge in [-0.15, -0.1) is 20.4 Å². The molecular weight excluding hydrogens is 942 g/mol. The van der Waals surface area contributed by atoms with Crippen molar-refractivity contribution in [2.75, 3.05) is 45.3 Å². The second kappa shape index (κ2) is 18.9. The van der Waals surface area contributed by atoms with Crippen LogP contribution in [0.3, 0.4) is 0 Å². The molecule has 0 bridgehead atoms. The smallest absolute Gasteiger partial charge is 0.264 e. The SMILES string of the molecule is COc1ccc(Cn2c(=O)c3cc(Br)ccc3n3c(N4CCCCCC4)nnc23)cc1OC.N#Cc1ccc(C(N2CCCCCC2)n2c(=O)c3cc(Br)ccc3n3cnnc23)cc1. The Bertz CT molecular complexity index is 3140. The van der Waals surface area contributed by atoms with Gasteiger partial charge in [0.05, 0.1) is 54.2 Å². The van der Waals surface area contributed by atoms with Gasteiger partial charge in [0.1, 0.15) is 12.5 Å². The van der Waals surface area contributed by atoms with E-state index in [4.69, 9.17) is 9.47 Å². The molecule has 17 heteroatoms. The van der Waals surface area contributed by atoms with E-state index in [0.717, 1.165) is 88.9 Å². The summed E-state index contributed by atoms with van der Waals surface area (Å²) in [7, 11) is 3.21. The van der Waals surface area contributed by atoms with Gasteiger partial charge in [0, 0.05) is 35.1 Å². The third-order valence-electron chi connectivity index (χ3n) is 12.2. The Morgan fingerprint density at radius 3 is 1.98 bits per heavy atom. The highest BCUT2D eigenvalue weighted by Crippen LogP contribution is 2.31. The molecule has 6 heterocycles. The monoisotopic (exact) mass is 987 g/mol. The Labute approximate surface area is 385 Å². The molecule has 64 heavy (non-hydrogen) atoms. The molecule has 0 amide bonds. The van der Waals surface area contributed by atoms with Gasteiger partial charge in [-0.05, 0) is 97.5 Å². The molecule has 0 saturated carbocycles. The average Bonchev–Trinajstić information content (AvgIpc) is 3.78. The van der Waals surface area contributed by atoms with Crippen LogP contribution in [-0.4, -0.2) is 83.6 Å². The molecule has 4 aromatic carbocycles. The van der Waals surface area contributed by atoms with Crippen molar-refractivity contribution in [1.82, 2.24) is 43.2 Å². The fourth-order valence-electron chi connectivity index (χ4n) is 9.04. The standard InChI is InChI=1S/C24H26BrN5O3.C23H21BrN6O/c1-32-20-10-7-16(13-21(20)33-2)15-29-22(31)18-14-17(25)8-9-19(18)30-23(26-27-24(29)30)28-11-5-3-4-6-12-28;24-18-9-10-20-19(13-18)22(31)30(23-27-26-15-29(20)23)21(28-11-3-1-2-4-12-28)17-7-5-16(14-25)6-8-17/h7-10,13-14H,3-6,11-12,15H2,1-2H3;5-10,13,15,21H,1-4,11-12H2. The summed E-state index contributed by atoms with van der Waals surface area (Å²) < 4.78 is 19.9. The summed E-state index contributed by atoms with van der Waals surface area (Å²) in [5.74, 6) is 3.10. The maximum atomic E-state index is 13.8. The van der Waals surface area contributed by atoms with E-state index in [9.17, 15) is 14.9 Å². The number of hydrogen-bond donors (Lipinski definition) is 0. The zero-order valence-electron chi connectivity index (χ0n) is 35.7. The number of nitriles is 1. The second-order valence-corrected chi connectivity index (χ2v) is 18.0. The molecule has 2 aliphatic rings. The Balaban J connectivity index is 0.000000162. The molecule has 0 aliphatic carbocycles. The Hall–Kier alpha value is -6.09. The fourth-order valence-corrected chi connectivity index (χ4v) is 9.76. The molecule has 1 unspecified atom stereocenters. The second-order valence-electron chi connectivity index (χ2n) is 16.2. The molecule has 8 aromatic rings. The van der Waals surface area contributed by atoms with Gasteiger partial charge in [-0.1, -0.05) is 75.7 Å². The van der Waals surface area contributed by atoms with Crippen LogP contribution in [0.25, 0.3) is 33.4 Å². The van der Waals surface area contributed by atoms with Gasteiger partial charge in [-0.25, -0.2) is 4.40 Å². The third-order valence-corrected chi connectivity index (χ3v) is 13.2. The van der Waals surface area contributed by atoms with Crippen molar-refractivity contribution in [3.63, 3.8) is 0 Å². The minimum atomic E-state index is -0.326. The lowest BCUT2D eigenvalue weighted by Gasteiger charge is -2.32. The summed E-state index contributed by atoms with van der Waals surface area (Å²) in [4.78, 5) is 32.1. The van der Waals surface area contributed by atoms with Gasteiger partial charge in [0.2, 0.25) is 17.5 Å². The summed E-state index contributed by atoms with van der Waals surface area (Å²) in [6.07, 6.45) is 10.6. The zero-order valence-corrected chi connectivity index (χ0v) is 38.8. The van der Waals surface area contributed by atoms with Crippen LogP contribution in [0.2, 0.25) is 0 Å². The highest BCUT2D eigenvalue weighted by Gasteiger charge is 2.28. The van der Waals surface area contributed by atoms with Crippen LogP contribution < -0.4 is 25.5 Å². The summed E-state index contributed by atoms with van der Waals surface area (Å²) in [5.41, 5.74) is 3.84. The molecule has 10 rings (SSSR count). The molecular formula is C47H47Br2N11O4. The number of benzene rings is 4. The summed E-state index contributed by atoms with van der Waals surface area (Å²) in [6, 6.07) is 26.8. The van der Waals surface area contributed by atoms with Gasteiger partial charge in [0.15, 0.2) is 11.5 Å². The number of hydrogen-bond acceptors (Lipinski definition) is 11. The van der Waals surface area contributed by atoms with Crippen LogP contribution in [-0.2, 0) is 6.54 Å². The van der Waals surface area contributed by atoms with E-state index in [0.29, 0.717) is 45.9 Å². The molecule has 2 fully saturated rings. The van der Waals surface area contributed by atoms with Crippen molar-refractivity contribution in [1.29, 1.82) is 5.26 Å². The number of methoxy groups -OCH3 is 2. The summed E-state index contributed by atoms with van der Waals surface area (Å²) in [6.45, 7) is 4.01. The molecule has 15 nitrogen and oxygen atoms in total. The van der Waals surface area contributed by atoms with Gasteiger partial charge in [-0.2, -0.15) is 5.26 Å². The van der Waals surface area contributed by atoms with Gasteiger partial charge in [-0.3, -0.25) is 28.0 Å². The third kappa shape index (κ3) is 8.37. The van der Waals surface area contributed by atoms with Gasteiger partial charge in [0.25, 0.3) is 11.1 Å². The van der Waals surface area contributed by atoms with E-state index < -0.39 is 0 Å². The first-order valence-electron chi connectivity index (χ1n) is 21.6. The van der Waals surface area contributed by atoms with Crippen LogP contribution in [0.5, 0.6) is 11.5 Å². The number of fused-ring (bicyclic) bond motifs is 6. The van der Waals surface area contributed by atoms with Crippen molar-refractivity contribution in [2.24, 2.45) is 0 Å². The normalized spacial score (nSPS) is 15.4. The van der Waals surface area contributed by atoms with Gasteiger partial charge < -0.3 is 14.4 Å². The summed E-state index contributed by atoms with van der Waals surface area (Å²) in [5, 5.41) is 28.0. The topological polar surface area (TPSA) is 153 Å². The Kier molecular flexibility index (Phi) is 12.8. The van der Waals surface area contributed by atoms with Crippen LogP contribution in [0.15, 0.2) is 104 Å². The molecule has 0 spiro atoms. The van der Waals surface area contributed by atoms with Crippen molar-refractivity contribution < 1.29 is 9.47 Å². The maximum Gasteiger partial charge on any atom is 0.264 e. The predicted molar refractivity (Wildman–Crippen MR) is 254 cm³/mol. The number of rotatable bonds is 8. The fraction of sp³-hybridized carbons (Fsp3) is 0.340. The number of ether oxygens (including phenoxy) is 2. The van der Waals surface area contributed by atoms with E-state index in [1.54, 1.807) is 29.7 Å². The number of halogens is 2. The number of nitrogens with zero attached hydrogens (tertiary/aromatic N) is 11. The predicted octanol–water partition coefficient (Wildman–Crippen LogP) is 8.35. The van der Waals surface area contributed by atoms with Gasteiger partial charge >= 0.3 is 0 Å². The number of likely N-dealkylation sites (tertiary alicyclic amines) is 1. The molecule has 0 N–H and O–H groups in total. The highest BCUT2D eigenvalue weighted by atomic mass is 79.9. The van der Waals surface area contributed by atoms with Crippen LogP contribution in [0.1, 0.15) is 74.2 Å². The van der Waals surface area contributed by atoms with Crippen molar-refractivity contribution in [3.8, 4) is 17.6 Å². The average molecular weight is 990 g/mol. The molecule has 2 aliphatic heterocycles. The van der Waals surface area contributed by atoms with Crippen molar-refractivity contribution in [2.45, 2.75) is 64.1 Å². The molecule has 1 atom stereocenters. The molecule has 4 aromatic heterocycles. The van der Waals surface area contributed by atoms with Crippen LogP contribution in [0.4, 0.5) is 5.95 Å². The molecule has 2 saturated heterocycles. The van der Waals surface area contributed by atoms with E-state index in [1.165, 1.54) is 25.7 Å². The minimum absolute atomic E-state index is 0.101. The lowest BCUT2D eigenvalue weighted by Crippen LogP contribution is -2.40. The van der Waals surface area contributed by atoms with E-state index in [2.05, 4.69) is 68.1 Å². The van der Waals surface area contributed by atoms with E-state index in [1.807, 2.05) is 87.7 Å². The number of aromatic nitrogens is 8. The minimum Gasteiger partial charge on any atom is -0.493 e. The lowest BCUT2D eigenvalue weighted by atomic mass is 10.1. The lowest BCUT2D eigenvalue weighted by molar-refractivity contribution is 0.177. The van der Waals surface area contributed by atoms with Crippen molar-refractivity contribution in [3.05, 3.63) is 132 Å². The largest absolute Gasteiger partial charge is 0.493 e. The molecule has 0 radical (unpaired) electrons. The maximum absolute atomic E-state index is 13.8. The zero-order chi connectivity index (χ0) is 44.3. The first-order chi connectivity index (χ1) is 31.3. The quantitative estimate of drug-likeness (QED) is 0.144.